The van der Waals surface area contributed by atoms with Gasteiger partial charge in [-0.15, -0.1) is 0 Å². The summed E-state index contributed by atoms with van der Waals surface area (Å²) in [5.74, 6) is 0. The average Bonchev–Trinajstić information content (AvgIpc) is 3.27. The quantitative estimate of drug-likeness (QED) is 0.163. The molecule has 10 aromatic rings. The molecule has 0 atom stereocenters. The highest BCUT2D eigenvalue weighted by Crippen LogP contribution is 2.42. The Labute approximate surface area is 354 Å². The molecule has 10 rings (SSSR count). The first-order valence-electron chi connectivity index (χ1n) is 21.3. The fourth-order valence-electron chi connectivity index (χ4n) is 9.09. The Hall–Kier alpha value is -6.76. The zero-order chi connectivity index (χ0) is 41.2. The summed E-state index contributed by atoms with van der Waals surface area (Å²) in [4.78, 5) is 0. The van der Waals surface area contributed by atoms with Crippen molar-refractivity contribution in [3.63, 3.8) is 0 Å². The summed E-state index contributed by atoms with van der Waals surface area (Å²) in [5, 5.41) is 10.0. The number of fused-ring (bicyclic) bond motifs is 4. The van der Waals surface area contributed by atoms with Gasteiger partial charge in [-0.25, -0.2) is 0 Å². The van der Waals surface area contributed by atoms with Gasteiger partial charge in [0.15, 0.2) is 0 Å². The summed E-state index contributed by atoms with van der Waals surface area (Å²) < 4.78 is 0. The molecule has 0 amide bonds. The Kier molecular flexibility index (Phi) is 9.07. The van der Waals surface area contributed by atoms with Gasteiger partial charge < -0.3 is 0 Å². The van der Waals surface area contributed by atoms with Crippen LogP contribution < -0.4 is 0 Å². The molecule has 0 N–H and O–H groups in total. The molecule has 0 nitrogen and oxygen atoms in total. The van der Waals surface area contributed by atoms with Gasteiger partial charge in [-0.2, -0.15) is 0 Å². The van der Waals surface area contributed by atoms with E-state index < -0.39 is 0 Å². The molecule has 0 fully saturated rings. The predicted molar refractivity (Wildman–Crippen MR) is 261 cm³/mol. The maximum Gasteiger partial charge on any atom is -0.00987 e. The highest BCUT2D eigenvalue weighted by molar-refractivity contribution is 6.12. The second kappa shape index (κ2) is 14.5. The molecule has 0 spiro atoms. The lowest BCUT2D eigenvalue weighted by molar-refractivity contribution is 0.590. The van der Waals surface area contributed by atoms with Gasteiger partial charge in [-0.1, -0.05) is 211 Å². The topological polar surface area (TPSA) is 0 Å². The molecule has 0 unspecified atom stereocenters. The molecule has 0 heteroatoms. The fourth-order valence-corrected chi connectivity index (χ4v) is 9.09. The van der Waals surface area contributed by atoms with Crippen LogP contribution in [0.4, 0.5) is 0 Å². The van der Waals surface area contributed by atoms with E-state index in [2.05, 4.69) is 236 Å². The summed E-state index contributed by atoms with van der Waals surface area (Å²) in [6.07, 6.45) is 0. The van der Waals surface area contributed by atoms with Crippen LogP contribution >= 0.6 is 0 Å². The fraction of sp³-hybridized carbons (Fsp3) is 0.133. The van der Waals surface area contributed by atoms with E-state index in [9.17, 15) is 0 Å². The molecule has 0 heterocycles. The lowest BCUT2D eigenvalue weighted by Crippen LogP contribution is -2.10. The molecule has 290 valence electrons. The van der Waals surface area contributed by atoms with Crippen LogP contribution in [-0.2, 0) is 10.8 Å². The Balaban J connectivity index is 0.985. The second-order valence-corrected chi connectivity index (χ2v) is 18.6. The van der Waals surface area contributed by atoms with Gasteiger partial charge in [-0.05, 0) is 145 Å². The van der Waals surface area contributed by atoms with Crippen LogP contribution in [-0.4, -0.2) is 0 Å². The SMILES string of the molecule is CC(C)(C)c1ccc(-c2ccc3cc(-c4cccc5c(-c6ccc(-c7ccc8cc(-c9ccc(C(C)(C)C)cc9)ccc8c7)c7ccccc67)cccc45)ccc3c2)cc1. The smallest absolute Gasteiger partial charge is 0.00987 e. The van der Waals surface area contributed by atoms with Crippen molar-refractivity contribution < 1.29 is 0 Å². The largest absolute Gasteiger partial charge is 0.0616 e. The third-order valence-electron chi connectivity index (χ3n) is 12.6. The zero-order valence-corrected chi connectivity index (χ0v) is 35.5. The molecule has 0 aliphatic rings. The number of benzene rings is 10. The van der Waals surface area contributed by atoms with Crippen molar-refractivity contribution in [2.45, 2.75) is 52.4 Å². The molecule has 0 radical (unpaired) electrons. The first kappa shape index (κ1) is 37.5. The van der Waals surface area contributed by atoms with Crippen LogP contribution in [0, 0.1) is 0 Å². The molecule has 0 saturated heterocycles. The number of hydrogen-bond donors (Lipinski definition) is 0. The van der Waals surface area contributed by atoms with Crippen molar-refractivity contribution in [2.24, 2.45) is 0 Å². The molecular weight excluding hydrogens is 721 g/mol. The predicted octanol–water partition coefficient (Wildman–Crippen LogP) is 17.2. The standard InChI is InChI=1S/C60H50/c1-59(2,3)49-29-25-39(26-30-49)41-17-19-45-37-47(23-21-43(45)35-41)51-13-9-15-56-54(51)14-10-16-57(56)58-34-33-52(53-11-7-8-12-55(53)58)48-24-22-44-36-42(18-20-46(44)38-48)40-27-31-50(32-28-40)60(4,5)6/h7-38H,1-6H3. The van der Waals surface area contributed by atoms with Gasteiger partial charge in [0.05, 0.1) is 0 Å². The van der Waals surface area contributed by atoms with Crippen LogP contribution in [0.15, 0.2) is 194 Å². The lowest BCUT2D eigenvalue weighted by atomic mass is 9.86. The monoisotopic (exact) mass is 770 g/mol. The maximum atomic E-state index is 2.35. The lowest BCUT2D eigenvalue weighted by Gasteiger charge is -2.19. The van der Waals surface area contributed by atoms with Crippen molar-refractivity contribution in [2.75, 3.05) is 0 Å². The second-order valence-electron chi connectivity index (χ2n) is 18.6. The van der Waals surface area contributed by atoms with Gasteiger partial charge in [0, 0.05) is 0 Å². The Morgan fingerprint density at radius 1 is 0.233 bits per heavy atom. The molecule has 60 heavy (non-hydrogen) atoms. The van der Waals surface area contributed by atoms with E-state index in [-0.39, 0.29) is 10.8 Å². The van der Waals surface area contributed by atoms with Crippen LogP contribution in [0.25, 0.3) is 98.7 Å². The highest BCUT2D eigenvalue weighted by Gasteiger charge is 2.17. The third kappa shape index (κ3) is 6.87. The summed E-state index contributed by atoms with van der Waals surface area (Å²) in [5.41, 5.74) is 15.5. The van der Waals surface area contributed by atoms with Crippen LogP contribution in [0.3, 0.4) is 0 Å². The van der Waals surface area contributed by atoms with E-state index in [4.69, 9.17) is 0 Å². The van der Waals surface area contributed by atoms with E-state index >= 15 is 0 Å². The minimum Gasteiger partial charge on any atom is -0.0616 e. The zero-order valence-electron chi connectivity index (χ0n) is 35.5. The summed E-state index contributed by atoms with van der Waals surface area (Å²) in [7, 11) is 0. The average molecular weight is 771 g/mol. The van der Waals surface area contributed by atoms with E-state index in [1.54, 1.807) is 0 Å². The molecule has 0 saturated carbocycles. The molecule has 0 aliphatic carbocycles. The molecule has 10 aromatic carbocycles. The van der Waals surface area contributed by atoms with Crippen molar-refractivity contribution >= 4 is 43.1 Å². The van der Waals surface area contributed by atoms with Gasteiger partial charge in [-0.3, -0.25) is 0 Å². The molecule has 0 bridgehead atoms. The number of rotatable bonds is 5. The maximum absolute atomic E-state index is 2.35. The van der Waals surface area contributed by atoms with Gasteiger partial charge in [0.1, 0.15) is 0 Å². The third-order valence-corrected chi connectivity index (χ3v) is 12.6. The van der Waals surface area contributed by atoms with E-state index in [0.717, 1.165) is 0 Å². The normalized spacial score (nSPS) is 12.2. The Morgan fingerprint density at radius 2 is 0.533 bits per heavy atom. The summed E-state index contributed by atoms with van der Waals surface area (Å²) in [6.45, 7) is 13.6. The molecular formula is C60H50. The van der Waals surface area contributed by atoms with Gasteiger partial charge in [0.2, 0.25) is 0 Å². The number of hydrogen-bond acceptors (Lipinski definition) is 0. The van der Waals surface area contributed by atoms with Gasteiger partial charge in [0.25, 0.3) is 0 Å². The first-order valence-corrected chi connectivity index (χ1v) is 21.3. The highest BCUT2D eigenvalue weighted by atomic mass is 14.2. The van der Waals surface area contributed by atoms with E-state index in [0.29, 0.717) is 0 Å². The van der Waals surface area contributed by atoms with Crippen LogP contribution in [0.2, 0.25) is 0 Å². The first-order chi connectivity index (χ1) is 29.0. The van der Waals surface area contributed by atoms with E-state index in [1.165, 1.54) is 110 Å². The summed E-state index contributed by atoms with van der Waals surface area (Å²) in [6, 6.07) is 72.7. The van der Waals surface area contributed by atoms with Gasteiger partial charge >= 0.3 is 0 Å². The summed E-state index contributed by atoms with van der Waals surface area (Å²) >= 11 is 0. The van der Waals surface area contributed by atoms with Crippen molar-refractivity contribution in [1.29, 1.82) is 0 Å². The van der Waals surface area contributed by atoms with Crippen molar-refractivity contribution in [1.82, 2.24) is 0 Å². The minimum absolute atomic E-state index is 0.143. The van der Waals surface area contributed by atoms with Crippen molar-refractivity contribution in [3.8, 4) is 55.6 Å². The Bertz CT molecular complexity index is 3060. The minimum atomic E-state index is 0.143. The molecule has 0 aromatic heterocycles. The van der Waals surface area contributed by atoms with Crippen LogP contribution in [0.5, 0.6) is 0 Å². The van der Waals surface area contributed by atoms with E-state index in [1.807, 2.05) is 0 Å². The Morgan fingerprint density at radius 3 is 0.967 bits per heavy atom. The van der Waals surface area contributed by atoms with Crippen molar-refractivity contribution in [3.05, 3.63) is 205 Å². The molecule has 0 aliphatic heterocycles. The van der Waals surface area contributed by atoms with Crippen LogP contribution in [0.1, 0.15) is 52.7 Å².